The first-order chi connectivity index (χ1) is 12.6. The van der Waals surface area contributed by atoms with E-state index in [0.717, 1.165) is 33.2 Å². The second-order valence-electron chi connectivity index (χ2n) is 6.91. The van der Waals surface area contributed by atoms with Gasteiger partial charge >= 0.3 is 0 Å². The SMILES string of the molecule is CC(C)c1ccc2nc(N)c(-c3ccccc3)c(-c3ccccc3)c2c1. The van der Waals surface area contributed by atoms with Crippen LogP contribution in [0.1, 0.15) is 25.3 Å². The molecular formula is C24H22N2. The van der Waals surface area contributed by atoms with Gasteiger partial charge < -0.3 is 5.73 Å². The molecule has 4 aromatic rings. The molecule has 2 heteroatoms. The molecule has 0 fully saturated rings. The quantitative estimate of drug-likeness (QED) is 0.478. The lowest BCUT2D eigenvalue weighted by atomic mass is 9.90. The van der Waals surface area contributed by atoms with E-state index in [4.69, 9.17) is 10.7 Å². The van der Waals surface area contributed by atoms with Crippen LogP contribution in [-0.2, 0) is 0 Å². The topological polar surface area (TPSA) is 38.9 Å². The average molecular weight is 338 g/mol. The van der Waals surface area contributed by atoms with Crippen molar-refractivity contribution >= 4 is 16.7 Å². The van der Waals surface area contributed by atoms with Crippen LogP contribution in [0.3, 0.4) is 0 Å². The Morgan fingerprint density at radius 1 is 0.731 bits per heavy atom. The summed E-state index contributed by atoms with van der Waals surface area (Å²) in [6, 6.07) is 27.3. The van der Waals surface area contributed by atoms with Gasteiger partial charge in [-0.1, -0.05) is 80.6 Å². The van der Waals surface area contributed by atoms with Crippen LogP contribution in [0.4, 0.5) is 5.82 Å². The van der Waals surface area contributed by atoms with Gasteiger partial charge in [-0.25, -0.2) is 4.98 Å². The van der Waals surface area contributed by atoms with E-state index < -0.39 is 0 Å². The molecule has 0 aliphatic heterocycles. The molecule has 4 rings (SSSR count). The number of rotatable bonds is 3. The van der Waals surface area contributed by atoms with E-state index in [1.165, 1.54) is 5.56 Å². The predicted molar refractivity (Wildman–Crippen MR) is 111 cm³/mol. The van der Waals surface area contributed by atoms with E-state index in [1.54, 1.807) is 0 Å². The summed E-state index contributed by atoms with van der Waals surface area (Å²) in [5.74, 6) is 1.03. The van der Waals surface area contributed by atoms with Gasteiger partial charge in [0, 0.05) is 16.5 Å². The van der Waals surface area contributed by atoms with Gasteiger partial charge in [0.2, 0.25) is 0 Å². The summed E-state index contributed by atoms with van der Waals surface area (Å²) in [7, 11) is 0. The molecule has 0 spiro atoms. The van der Waals surface area contributed by atoms with Crippen molar-refractivity contribution < 1.29 is 0 Å². The molecule has 0 unspecified atom stereocenters. The fourth-order valence-electron chi connectivity index (χ4n) is 3.46. The highest BCUT2D eigenvalue weighted by Crippen LogP contribution is 2.41. The number of nitrogens with two attached hydrogens (primary N) is 1. The Kier molecular flexibility index (Phi) is 4.18. The van der Waals surface area contributed by atoms with Gasteiger partial charge in [0.25, 0.3) is 0 Å². The number of pyridine rings is 1. The van der Waals surface area contributed by atoms with Gasteiger partial charge in [0.05, 0.1) is 5.52 Å². The maximum absolute atomic E-state index is 6.44. The van der Waals surface area contributed by atoms with Gasteiger partial charge in [0.1, 0.15) is 5.82 Å². The number of anilines is 1. The summed E-state index contributed by atoms with van der Waals surface area (Å²) >= 11 is 0. The van der Waals surface area contributed by atoms with Gasteiger partial charge in [0.15, 0.2) is 0 Å². The molecule has 1 aromatic heterocycles. The molecule has 128 valence electrons. The molecule has 0 amide bonds. The number of nitrogens with zero attached hydrogens (tertiary/aromatic N) is 1. The van der Waals surface area contributed by atoms with Crippen molar-refractivity contribution in [3.8, 4) is 22.3 Å². The van der Waals surface area contributed by atoms with E-state index in [0.29, 0.717) is 11.7 Å². The van der Waals surface area contributed by atoms with Crippen molar-refractivity contribution in [3.63, 3.8) is 0 Å². The fourth-order valence-corrected chi connectivity index (χ4v) is 3.46. The molecule has 0 aliphatic rings. The summed E-state index contributed by atoms with van der Waals surface area (Å²) in [4.78, 5) is 4.72. The second-order valence-corrected chi connectivity index (χ2v) is 6.91. The minimum atomic E-state index is 0.459. The molecule has 26 heavy (non-hydrogen) atoms. The molecule has 3 aromatic carbocycles. The average Bonchev–Trinajstić information content (AvgIpc) is 2.68. The molecule has 0 aliphatic carbocycles. The van der Waals surface area contributed by atoms with Crippen molar-refractivity contribution in [1.29, 1.82) is 0 Å². The molecule has 0 saturated carbocycles. The number of nitrogen functional groups attached to an aromatic ring is 1. The van der Waals surface area contributed by atoms with Gasteiger partial charge in [-0.3, -0.25) is 0 Å². The third-order valence-corrected chi connectivity index (χ3v) is 4.83. The smallest absolute Gasteiger partial charge is 0.132 e. The van der Waals surface area contributed by atoms with Crippen LogP contribution in [0.15, 0.2) is 78.9 Å². The number of benzene rings is 3. The van der Waals surface area contributed by atoms with E-state index >= 15 is 0 Å². The number of fused-ring (bicyclic) bond motifs is 1. The van der Waals surface area contributed by atoms with Crippen LogP contribution < -0.4 is 5.73 Å². The fraction of sp³-hybridized carbons (Fsp3) is 0.125. The first-order valence-electron chi connectivity index (χ1n) is 8.99. The summed E-state index contributed by atoms with van der Waals surface area (Å²) in [5.41, 5.74) is 13.1. The van der Waals surface area contributed by atoms with E-state index in [9.17, 15) is 0 Å². The van der Waals surface area contributed by atoms with E-state index in [2.05, 4.69) is 68.4 Å². The van der Waals surface area contributed by atoms with Gasteiger partial charge in [-0.2, -0.15) is 0 Å². The largest absolute Gasteiger partial charge is 0.383 e. The lowest BCUT2D eigenvalue weighted by Gasteiger charge is -2.17. The third-order valence-electron chi connectivity index (χ3n) is 4.83. The Hall–Kier alpha value is -3.13. The molecule has 0 saturated heterocycles. The first kappa shape index (κ1) is 16.3. The normalized spacial score (nSPS) is 11.2. The van der Waals surface area contributed by atoms with Crippen molar-refractivity contribution in [1.82, 2.24) is 4.98 Å². The zero-order valence-electron chi connectivity index (χ0n) is 15.1. The minimum Gasteiger partial charge on any atom is -0.383 e. The molecule has 0 bridgehead atoms. The molecule has 0 atom stereocenters. The summed E-state index contributed by atoms with van der Waals surface area (Å²) in [6.07, 6.45) is 0. The minimum absolute atomic E-state index is 0.459. The third kappa shape index (κ3) is 2.84. The van der Waals surface area contributed by atoms with Gasteiger partial charge in [-0.05, 0) is 34.7 Å². The summed E-state index contributed by atoms with van der Waals surface area (Å²) in [5, 5.41) is 1.15. The van der Waals surface area contributed by atoms with Crippen molar-refractivity contribution in [2.45, 2.75) is 19.8 Å². The van der Waals surface area contributed by atoms with Crippen LogP contribution in [0.2, 0.25) is 0 Å². The second kappa shape index (κ2) is 6.64. The van der Waals surface area contributed by atoms with Crippen LogP contribution >= 0.6 is 0 Å². The van der Waals surface area contributed by atoms with Gasteiger partial charge in [-0.15, -0.1) is 0 Å². The van der Waals surface area contributed by atoms with Crippen LogP contribution in [0, 0.1) is 0 Å². The van der Waals surface area contributed by atoms with Crippen LogP contribution in [-0.4, -0.2) is 4.98 Å². The molecule has 2 nitrogen and oxygen atoms in total. The van der Waals surface area contributed by atoms with Crippen molar-refractivity contribution in [2.24, 2.45) is 0 Å². The maximum atomic E-state index is 6.44. The molecule has 1 heterocycles. The number of aromatic nitrogens is 1. The summed E-state index contributed by atoms with van der Waals surface area (Å²) in [6.45, 7) is 4.43. The van der Waals surface area contributed by atoms with Crippen LogP contribution in [0.5, 0.6) is 0 Å². The van der Waals surface area contributed by atoms with Crippen LogP contribution in [0.25, 0.3) is 33.2 Å². The summed E-state index contributed by atoms with van der Waals surface area (Å²) < 4.78 is 0. The first-order valence-corrected chi connectivity index (χ1v) is 8.99. The Morgan fingerprint density at radius 3 is 1.88 bits per heavy atom. The van der Waals surface area contributed by atoms with E-state index in [1.807, 2.05) is 24.3 Å². The highest BCUT2D eigenvalue weighted by molar-refractivity contribution is 6.06. The monoisotopic (exact) mass is 338 g/mol. The lowest BCUT2D eigenvalue weighted by Crippen LogP contribution is -2.00. The predicted octanol–water partition coefficient (Wildman–Crippen LogP) is 6.27. The molecule has 2 N–H and O–H groups in total. The maximum Gasteiger partial charge on any atom is 0.132 e. The Labute approximate surface area is 154 Å². The standard InChI is InChI=1S/C24H22N2/c1-16(2)19-13-14-21-20(15-19)22(17-9-5-3-6-10-17)23(24(25)26-21)18-11-7-4-8-12-18/h3-16H,1-2H3,(H2,25,26). The highest BCUT2D eigenvalue weighted by atomic mass is 14.8. The Morgan fingerprint density at radius 2 is 1.31 bits per heavy atom. The zero-order valence-corrected chi connectivity index (χ0v) is 15.1. The van der Waals surface area contributed by atoms with Crippen molar-refractivity contribution in [3.05, 3.63) is 84.4 Å². The Bertz CT molecular complexity index is 1050. The number of hydrogen-bond acceptors (Lipinski definition) is 2. The van der Waals surface area contributed by atoms with Crippen molar-refractivity contribution in [2.75, 3.05) is 5.73 Å². The zero-order chi connectivity index (χ0) is 18.1. The number of hydrogen-bond donors (Lipinski definition) is 1. The molecule has 0 radical (unpaired) electrons. The Balaban J connectivity index is 2.14. The molecular weight excluding hydrogens is 316 g/mol. The highest BCUT2D eigenvalue weighted by Gasteiger charge is 2.17. The lowest BCUT2D eigenvalue weighted by molar-refractivity contribution is 0.868. The van der Waals surface area contributed by atoms with E-state index in [-0.39, 0.29) is 0 Å².